The van der Waals surface area contributed by atoms with Crippen molar-refractivity contribution >= 4 is 11.6 Å². The van der Waals surface area contributed by atoms with Gasteiger partial charge in [-0.15, -0.1) is 0 Å². The maximum absolute atomic E-state index is 12.9. The van der Waals surface area contributed by atoms with E-state index in [-0.39, 0.29) is 5.95 Å². The van der Waals surface area contributed by atoms with Crippen LogP contribution in [-0.4, -0.2) is 30.5 Å². The molecule has 1 fully saturated rings. The lowest BCUT2D eigenvalue weighted by molar-refractivity contribution is -0.141. The Morgan fingerprint density at radius 1 is 1.21 bits per heavy atom. The first kappa shape index (κ1) is 19.4. The molecule has 29 heavy (non-hydrogen) atoms. The fourth-order valence-electron chi connectivity index (χ4n) is 3.37. The van der Waals surface area contributed by atoms with Gasteiger partial charge in [0, 0.05) is 23.6 Å². The molecule has 2 heterocycles. The average Bonchev–Trinajstić information content (AvgIpc) is 3.08. The Bertz CT molecular complexity index is 1030. The van der Waals surface area contributed by atoms with Crippen LogP contribution in [0.15, 0.2) is 42.9 Å². The number of rotatable bonds is 5. The van der Waals surface area contributed by atoms with Crippen molar-refractivity contribution in [3.63, 3.8) is 0 Å². The number of aromatic nitrogens is 4. The van der Waals surface area contributed by atoms with E-state index in [1.807, 2.05) is 19.2 Å². The van der Waals surface area contributed by atoms with Crippen LogP contribution in [-0.2, 0) is 12.7 Å². The van der Waals surface area contributed by atoms with Crippen LogP contribution in [0.25, 0.3) is 11.1 Å². The van der Waals surface area contributed by atoms with Gasteiger partial charge in [-0.1, -0.05) is 6.07 Å². The Hall–Kier alpha value is -2.94. The van der Waals surface area contributed by atoms with Crippen LogP contribution < -0.4 is 5.32 Å². The Labute approximate surface area is 165 Å². The van der Waals surface area contributed by atoms with E-state index in [4.69, 9.17) is 0 Å². The first-order valence-electron chi connectivity index (χ1n) is 9.24. The van der Waals surface area contributed by atoms with Crippen LogP contribution in [0.3, 0.4) is 0 Å². The van der Waals surface area contributed by atoms with Gasteiger partial charge in [-0.25, -0.2) is 9.97 Å². The predicted octanol–water partition coefficient (Wildman–Crippen LogP) is 4.33. The highest BCUT2D eigenvalue weighted by Gasteiger charge is 2.35. The molecule has 0 aliphatic heterocycles. The summed E-state index contributed by atoms with van der Waals surface area (Å²) in [6, 6.07) is 6.39. The third kappa shape index (κ3) is 4.40. The van der Waals surface area contributed by atoms with Crippen LogP contribution in [0.4, 0.5) is 24.8 Å². The Morgan fingerprint density at radius 2 is 2.00 bits per heavy atom. The molecule has 3 aromatic rings. The number of hydrogen-bond donors (Lipinski definition) is 2. The molecule has 0 spiro atoms. The number of aryl methyl sites for hydroxylation is 1. The Kier molecular flexibility index (Phi) is 4.77. The number of nitrogens with zero attached hydrogens (tertiary/aromatic N) is 4. The zero-order chi connectivity index (χ0) is 20.6. The van der Waals surface area contributed by atoms with Gasteiger partial charge < -0.3 is 10.4 Å². The predicted molar refractivity (Wildman–Crippen MR) is 102 cm³/mol. The summed E-state index contributed by atoms with van der Waals surface area (Å²) in [5.41, 5.74) is 1.52. The average molecular weight is 403 g/mol. The molecule has 0 bridgehead atoms. The van der Waals surface area contributed by atoms with E-state index in [0.717, 1.165) is 48.2 Å². The van der Waals surface area contributed by atoms with Gasteiger partial charge in [-0.2, -0.15) is 18.3 Å². The summed E-state index contributed by atoms with van der Waals surface area (Å²) >= 11 is 0. The van der Waals surface area contributed by atoms with Gasteiger partial charge in [-0.05, 0) is 55.5 Å². The van der Waals surface area contributed by atoms with E-state index in [9.17, 15) is 18.3 Å². The molecular formula is C20H20F3N5O. The van der Waals surface area contributed by atoms with Crippen molar-refractivity contribution in [1.82, 2.24) is 19.7 Å². The van der Waals surface area contributed by atoms with Crippen molar-refractivity contribution in [2.75, 3.05) is 5.32 Å². The van der Waals surface area contributed by atoms with Crippen LogP contribution in [0.1, 0.15) is 30.5 Å². The minimum atomic E-state index is -4.53. The summed E-state index contributed by atoms with van der Waals surface area (Å²) in [5.74, 6) is -0.126. The zero-order valence-electron chi connectivity index (χ0n) is 15.7. The molecular weight excluding hydrogens is 383 g/mol. The summed E-state index contributed by atoms with van der Waals surface area (Å²) in [6.07, 6.45) is 2.68. The highest BCUT2D eigenvalue weighted by molar-refractivity contribution is 5.70. The second-order valence-electron chi connectivity index (χ2n) is 7.48. The number of halogens is 3. The summed E-state index contributed by atoms with van der Waals surface area (Å²) in [5, 5.41) is 17.5. The molecule has 152 valence electrons. The third-order valence-corrected chi connectivity index (χ3v) is 4.99. The second-order valence-corrected chi connectivity index (χ2v) is 7.48. The fraction of sp³-hybridized carbons (Fsp3) is 0.350. The van der Waals surface area contributed by atoms with E-state index in [1.54, 1.807) is 23.0 Å². The van der Waals surface area contributed by atoms with Gasteiger partial charge in [0.25, 0.3) is 0 Å². The minimum Gasteiger partial charge on any atom is -0.388 e. The molecule has 1 aliphatic rings. The molecule has 0 radical (unpaired) electrons. The standard InChI is InChI=1S/C20H20F3N5O/c1-13-7-14(15-10-25-28(11-15)12-19(29)4-2-5-19)9-16(8-13)26-18-24-6-3-17(27-18)20(21,22)23/h3,6-11,29H,2,4-5,12H2,1H3,(H,24,26,27). The molecule has 1 aromatic carbocycles. The van der Waals surface area contributed by atoms with Crippen molar-refractivity contribution in [2.45, 2.75) is 44.5 Å². The van der Waals surface area contributed by atoms with Crippen LogP contribution in [0.5, 0.6) is 0 Å². The molecule has 0 amide bonds. The number of benzene rings is 1. The number of anilines is 2. The minimum absolute atomic E-state index is 0.126. The molecule has 1 saturated carbocycles. The van der Waals surface area contributed by atoms with Gasteiger partial charge in [0.05, 0.1) is 18.3 Å². The van der Waals surface area contributed by atoms with Gasteiger partial charge >= 0.3 is 6.18 Å². The first-order chi connectivity index (χ1) is 13.7. The lowest BCUT2D eigenvalue weighted by atomic mass is 9.80. The Morgan fingerprint density at radius 3 is 2.69 bits per heavy atom. The normalized spacial score (nSPS) is 15.8. The number of alkyl halides is 3. The molecule has 0 saturated heterocycles. The summed E-state index contributed by atoms with van der Waals surface area (Å²) in [6.45, 7) is 2.34. The van der Waals surface area contributed by atoms with E-state index in [2.05, 4.69) is 20.4 Å². The van der Waals surface area contributed by atoms with Crippen LogP contribution in [0.2, 0.25) is 0 Å². The lowest BCUT2D eigenvalue weighted by Gasteiger charge is -2.36. The largest absolute Gasteiger partial charge is 0.433 e. The zero-order valence-corrected chi connectivity index (χ0v) is 15.7. The van der Waals surface area contributed by atoms with Crippen LogP contribution in [0, 0.1) is 6.92 Å². The van der Waals surface area contributed by atoms with Gasteiger partial charge in [-0.3, -0.25) is 4.68 Å². The molecule has 2 aromatic heterocycles. The van der Waals surface area contributed by atoms with E-state index in [1.165, 1.54) is 0 Å². The first-order valence-corrected chi connectivity index (χ1v) is 9.24. The number of aliphatic hydroxyl groups is 1. The van der Waals surface area contributed by atoms with Crippen molar-refractivity contribution in [2.24, 2.45) is 0 Å². The molecule has 1 aliphatic carbocycles. The van der Waals surface area contributed by atoms with E-state index < -0.39 is 17.5 Å². The van der Waals surface area contributed by atoms with Gasteiger partial charge in [0.1, 0.15) is 5.69 Å². The molecule has 6 nitrogen and oxygen atoms in total. The SMILES string of the molecule is Cc1cc(Nc2nccc(C(F)(F)F)n2)cc(-c2cnn(CC3(O)CCC3)c2)c1. The summed E-state index contributed by atoms with van der Waals surface area (Å²) < 4.78 is 40.3. The number of hydrogen-bond acceptors (Lipinski definition) is 5. The Balaban J connectivity index is 1.56. The van der Waals surface area contributed by atoms with E-state index >= 15 is 0 Å². The highest BCUT2D eigenvalue weighted by atomic mass is 19.4. The lowest BCUT2D eigenvalue weighted by Crippen LogP contribution is -2.41. The molecule has 9 heteroatoms. The molecule has 4 rings (SSSR count). The van der Waals surface area contributed by atoms with E-state index in [0.29, 0.717) is 12.2 Å². The van der Waals surface area contributed by atoms with Crippen molar-refractivity contribution in [3.05, 3.63) is 54.1 Å². The summed E-state index contributed by atoms with van der Waals surface area (Å²) in [4.78, 5) is 7.41. The van der Waals surface area contributed by atoms with Gasteiger partial charge in [0.2, 0.25) is 5.95 Å². The number of nitrogens with one attached hydrogen (secondary N) is 1. The fourth-order valence-corrected chi connectivity index (χ4v) is 3.37. The quantitative estimate of drug-likeness (QED) is 0.663. The highest BCUT2D eigenvalue weighted by Crippen LogP contribution is 2.34. The van der Waals surface area contributed by atoms with Crippen LogP contribution >= 0.6 is 0 Å². The monoisotopic (exact) mass is 403 g/mol. The third-order valence-electron chi connectivity index (χ3n) is 4.99. The molecule has 0 atom stereocenters. The molecule has 0 unspecified atom stereocenters. The van der Waals surface area contributed by atoms with Crippen molar-refractivity contribution in [1.29, 1.82) is 0 Å². The second kappa shape index (κ2) is 7.14. The maximum atomic E-state index is 12.9. The smallest absolute Gasteiger partial charge is 0.388 e. The molecule has 2 N–H and O–H groups in total. The summed E-state index contributed by atoms with van der Waals surface area (Å²) in [7, 11) is 0. The maximum Gasteiger partial charge on any atom is 0.433 e. The van der Waals surface area contributed by atoms with Gasteiger partial charge in [0.15, 0.2) is 0 Å². The van der Waals surface area contributed by atoms with Crippen molar-refractivity contribution in [3.8, 4) is 11.1 Å². The topological polar surface area (TPSA) is 75.9 Å². The van der Waals surface area contributed by atoms with Crippen molar-refractivity contribution < 1.29 is 18.3 Å².